The number of hydrogen-bond donors (Lipinski definition) is 1. The van der Waals surface area contributed by atoms with Gasteiger partial charge in [0.2, 0.25) is 0 Å². The molecule has 1 saturated heterocycles. The highest BCUT2D eigenvalue weighted by molar-refractivity contribution is 6.11. The van der Waals surface area contributed by atoms with Gasteiger partial charge >= 0.3 is 6.03 Å². The zero-order valence-electron chi connectivity index (χ0n) is 15.0. The molecule has 2 fully saturated rings. The van der Waals surface area contributed by atoms with E-state index in [4.69, 9.17) is 0 Å². The Morgan fingerprint density at radius 1 is 1.24 bits per heavy atom. The summed E-state index contributed by atoms with van der Waals surface area (Å²) in [6.07, 6.45) is 5.62. The minimum absolute atomic E-state index is 0.103. The van der Waals surface area contributed by atoms with Gasteiger partial charge in [-0.25, -0.2) is 4.79 Å². The molecule has 134 valence electrons. The average Bonchev–Trinajstić information content (AvgIpc) is 2.83. The average molecular weight is 342 g/mol. The number of carbonyl (C=O) groups is 3. The van der Waals surface area contributed by atoms with Crippen LogP contribution in [0.5, 0.6) is 0 Å². The molecule has 0 unspecified atom stereocenters. The first-order chi connectivity index (χ1) is 12.0. The van der Waals surface area contributed by atoms with E-state index in [0.29, 0.717) is 12.0 Å². The molecular formula is C20H26N2O3. The molecule has 0 aromatic heterocycles. The Labute approximate surface area is 148 Å². The summed E-state index contributed by atoms with van der Waals surface area (Å²) in [5.74, 6) is -0.334. The summed E-state index contributed by atoms with van der Waals surface area (Å²) in [5, 5.41) is 2.89. The lowest BCUT2D eigenvalue weighted by Gasteiger charge is -2.36. The van der Waals surface area contributed by atoms with E-state index in [2.05, 4.69) is 12.2 Å². The predicted molar refractivity (Wildman–Crippen MR) is 95.4 cm³/mol. The number of urea groups is 1. The summed E-state index contributed by atoms with van der Waals surface area (Å²) < 4.78 is 0. The number of ketones is 1. The van der Waals surface area contributed by atoms with Crippen LogP contribution in [0.2, 0.25) is 0 Å². The van der Waals surface area contributed by atoms with E-state index in [0.717, 1.165) is 37.0 Å². The van der Waals surface area contributed by atoms with Crippen LogP contribution in [-0.2, 0) is 11.2 Å². The number of rotatable bonds is 5. The lowest BCUT2D eigenvalue weighted by molar-refractivity contribution is -0.133. The van der Waals surface area contributed by atoms with Gasteiger partial charge in [-0.1, -0.05) is 57.4 Å². The number of nitrogens with zero attached hydrogens (tertiary/aromatic N) is 1. The first-order valence-corrected chi connectivity index (χ1v) is 9.24. The second kappa shape index (κ2) is 6.98. The molecule has 0 radical (unpaired) electrons. The molecule has 0 bridgehead atoms. The summed E-state index contributed by atoms with van der Waals surface area (Å²) in [5.41, 5.74) is 0.919. The third-order valence-electron chi connectivity index (χ3n) is 5.62. The molecule has 25 heavy (non-hydrogen) atoms. The molecule has 2 aliphatic rings. The fraction of sp³-hybridized carbons (Fsp3) is 0.550. The minimum Gasteiger partial charge on any atom is -0.323 e. The van der Waals surface area contributed by atoms with Crippen molar-refractivity contribution in [3.05, 3.63) is 35.4 Å². The number of hydrogen-bond acceptors (Lipinski definition) is 3. The molecule has 1 aliphatic heterocycles. The molecule has 2 atom stereocenters. The van der Waals surface area contributed by atoms with Crippen molar-refractivity contribution in [2.75, 3.05) is 6.54 Å². The van der Waals surface area contributed by atoms with Gasteiger partial charge in [-0.2, -0.15) is 0 Å². The van der Waals surface area contributed by atoms with E-state index in [1.807, 2.05) is 19.1 Å². The van der Waals surface area contributed by atoms with Crippen molar-refractivity contribution < 1.29 is 14.4 Å². The Morgan fingerprint density at radius 3 is 2.60 bits per heavy atom. The van der Waals surface area contributed by atoms with Gasteiger partial charge in [0.1, 0.15) is 5.54 Å². The maximum Gasteiger partial charge on any atom is 0.325 e. The Morgan fingerprint density at radius 2 is 1.96 bits per heavy atom. The minimum atomic E-state index is -0.805. The van der Waals surface area contributed by atoms with Crippen molar-refractivity contribution in [1.29, 1.82) is 0 Å². The molecule has 5 heteroatoms. The second-order valence-corrected chi connectivity index (χ2v) is 7.31. The van der Waals surface area contributed by atoms with Gasteiger partial charge in [-0.3, -0.25) is 14.5 Å². The monoisotopic (exact) mass is 342 g/mol. The Balaban J connectivity index is 1.72. The molecule has 1 spiro atoms. The van der Waals surface area contributed by atoms with Crippen LogP contribution in [0, 0.1) is 5.92 Å². The van der Waals surface area contributed by atoms with Gasteiger partial charge in [-0.05, 0) is 30.7 Å². The van der Waals surface area contributed by atoms with Crippen molar-refractivity contribution in [2.45, 2.75) is 57.9 Å². The van der Waals surface area contributed by atoms with Gasteiger partial charge in [0.25, 0.3) is 5.91 Å². The van der Waals surface area contributed by atoms with Crippen LogP contribution in [0.1, 0.15) is 61.9 Å². The van der Waals surface area contributed by atoms with Crippen molar-refractivity contribution >= 4 is 17.7 Å². The highest BCUT2D eigenvalue weighted by Gasteiger charge is 2.55. The van der Waals surface area contributed by atoms with Crippen LogP contribution >= 0.6 is 0 Å². The van der Waals surface area contributed by atoms with Crippen LogP contribution in [0.3, 0.4) is 0 Å². The maximum atomic E-state index is 12.9. The Hall–Kier alpha value is -2.17. The zero-order valence-corrected chi connectivity index (χ0v) is 15.0. The third kappa shape index (κ3) is 3.20. The number of aryl methyl sites for hydroxylation is 1. The quantitative estimate of drug-likeness (QED) is 0.659. The highest BCUT2D eigenvalue weighted by atomic mass is 16.2. The van der Waals surface area contributed by atoms with E-state index < -0.39 is 11.6 Å². The Kier molecular flexibility index (Phi) is 4.93. The van der Waals surface area contributed by atoms with Crippen molar-refractivity contribution in [3.8, 4) is 0 Å². The first-order valence-electron chi connectivity index (χ1n) is 9.24. The van der Waals surface area contributed by atoms with Gasteiger partial charge in [0.15, 0.2) is 5.78 Å². The fourth-order valence-corrected chi connectivity index (χ4v) is 4.02. The van der Waals surface area contributed by atoms with Crippen molar-refractivity contribution in [1.82, 2.24) is 10.2 Å². The van der Waals surface area contributed by atoms with Crippen LogP contribution < -0.4 is 5.32 Å². The predicted octanol–water partition coefficient (Wildman–Crippen LogP) is 3.32. The van der Waals surface area contributed by atoms with E-state index >= 15 is 0 Å². The molecule has 5 nitrogen and oxygen atoms in total. The van der Waals surface area contributed by atoms with Gasteiger partial charge < -0.3 is 5.32 Å². The summed E-state index contributed by atoms with van der Waals surface area (Å²) in [6, 6.07) is 7.01. The fourth-order valence-electron chi connectivity index (χ4n) is 4.02. The van der Waals surface area contributed by atoms with Crippen molar-refractivity contribution in [3.63, 3.8) is 0 Å². The smallest absolute Gasteiger partial charge is 0.323 e. The number of imide groups is 1. The van der Waals surface area contributed by atoms with Crippen molar-refractivity contribution in [2.24, 2.45) is 5.92 Å². The zero-order chi connectivity index (χ0) is 18.0. The molecule has 3 amide bonds. The summed E-state index contributed by atoms with van der Waals surface area (Å²) in [7, 11) is 0. The topological polar surface area (TPSA) is 66.5 Å². The third-order valence-corrected chi connectivity index (χ3v) is 5.62. The lowest BCUT2D eigenvalue weighted by atomic mass is 9.73. The maximum absolute atomic E-state index is 12.9. The first kappa shape index (κ1) is 17.6. The number of benzene rings is 1. The number of carbonyl (C=O) groups excluding carboxylic acids is 3. The number of nitrogens with one attached hydrogen (secondary N) is 1. The standard InChI is InChI=1S/C20H26N2O3/c1-3-6-15-8-10-16(11-9-15)17(23)13-22-18(24)20(21-19(22)25)12-5-4-7-14(20)2/h8-11,14H,3-7,12-13H2,1-2H3,(H,21,25)/t14-,20-/m1/s1. The molecule has 1 aromatic rings. The SMILES string of the molecule is CCCc1ccc(C(=O)CN2C(=O)N[C@@]3(CCCC[C@H]3C)C2=O)cc1. The Bertz CT molecular complexity index is 683. The molecule has 1 N–H and O–H groups in total. The van der Waals surface area contributed by atoms with E-state index in [1.54, 1.807) is 12.1 Å². The normalized spacial score (nSPS) is 26.2. The van der Waals surface area contributed by atoms with Gasteiger partial charge in [0.05, 0.1) is 6.54 Å². The van der Waals surface area contributed by atoms with E-state index in [1.165, 1.54) is 5.56 Å². The molecule has 1 aromatic carbocycles. The van der Waals surface area contributed by atoms with Crippen LogP contribution in [-0.4, -0.2) is 34.7 Å². The highest BCUT2D eigenvalue weighted by Crippen LogP contribution is 2.38. The summed E-state index contributed by atoms with van der Waals surface area (Å²) >= 11 is 0. The van der Waals surface area contributed by atoms with Crippen LogP contribution in [0.4, 0.5) is 4.79 Å². The number of amides is 3. The van der Waals surface area contributed by atoms with E-state index in [-0.39, 0.29) is 24.2 Å². The van der Waals surface area contributed by atoms with Gasteiger partial charge in [0, 0.05) is 5.56 Å². The number of Topliss-reactive ketones (excluding diaryl/α,β-unsaturated/α-hetero) is 1. The second-order valence-electron chi connectivity index (χ2n) is 7.31. The molecular weight excluding hydrogens is 316 g/mol. The lowest BCUT2D eigenvalue weighted by Crippen LogP contribution is -2.54. The van der Waals surface area contributed by atoms with Crippen LogP contribution in [0.15, 0.2) is 24.3 Å². The molecule has 3 rings (SSSR count). The summed E-state index contributed by atoms with van der Waals surface area (Å²) in [6.45, 7) is 3.93. The molecule has 1 heterocycles. The molecule has 1 saturated carbocycles. The molecule has 1 aliphatic carbocycles. The van der Waals surface area contributed by atoms with Gasteiger partial charge in [-0.15, -0.1) is 0 Å². The largest absolute Gasteiger partial charge is 0.325 e. The summed E-state index contributed by atoms with van der Waals surface area (Å²) in [4.78, 5) is 38.9. The van der Waals surface area contributed by atoms with Crippen LogP contribution in [0.25, 0.3) is 0 Å². The van der Waals surface area contributed by atoms with E-state index in [9.17, 15) is 14.4 Å².